The average Bonchev–Trinajstić information content (AvgIpc) is 3.11. The molecule has 2 saturated heterocycles. The van der Waals surface area contributed by atoms with Gasteiger partial charge in [-0.1, -0.05) is 23.4 Å². The fraction of sp³-hybridized carbons (Fsp3) is 0.500. The van der Waals surface area contributed by atoms with Crippen molar-refractivity contribution in [3.8, 4) is 5.69 Å². The van der Waals surface area contributed by atoms with E-state index in [1.54, 1.807) is 4.68 Å². The maximum atomic E-state index is 12.4. The molecule has 25 heavy (non-hydrogen) atoms. The molecule has 1 aromatic heterocycles. The lowest BCUT2D eigenvalue weighted by atomic mass is 9.99. The van der Waals surface area contributed by atoms with E-state index in [2.05, 4.69) is 20.9 Å². The number of rotatable bonds is 4. The number of para-hydroxylation sites is 1. The second kappa shape index (κ2) is 7.54. The molecule has 0 aliphatic carbocycles. The van der Waals surface area contributed by atoms with Crippen LogP contribution in [0.4, 0.5) is 0 Å². The third-order valence-corrected chi connectivity index (χ3v) is 5.16. The van der Waals surface area contributed by atoms with Crippen LogP contribution in [0.25, 0.3) is 5.69 Å². The van der Waals surface area contributed by atoms with Gasteiger partial charge in [-0.15, -0.1) is 17.5 Å². The standard InChI is InChI=1S/C18H23N5O.ClH/c1-12-17(21-22-23(12)16-5-3-2-4-6-16)11-18(24)20-15-9-13-7-8-14(10-15)19-13;/h2-6,13-15,19H,7-11H2,1H3,(H,20,24);1H. The summed E-state index contributed by atoms with van der Waals surface area (Å²) in [4.78, 5) is 12.4. The van der Waals surface area contributed by atoms with E-state index in [-0.39, 0.29) is 24.7 Å². The number of nitrogens with one attached hydrogen (secondary N) is 2. The molecular formula is C18H24ClN5O. The average molecular weight is 362 g/mol. The van der Waals surface area contributed by atoms with Crippen LogP contribution in [0, 0.1) is 6.92 Å². The van der Waals surface area contributed by atoms with Gasteiger partial charge in [0.1, 0.15) is 0 Å². The molecule has 2 bridgehead atoms. The number of aromatic nitrogens is 3. The minimum absolute atomic E-state index is 0. The van der Waals surface area contributed by atoms with Crippen molar-refractivity contribution in [3.05, 3.63) is 41.7 Å². The van der Waals surface area contributed by atoms with E-state index in [0.29, 0.717) is 18.1 Å². The molecule has 3 heterocycles. The van der Waals surface area contributed by atoms with Gasteiger partial charge in [-0.2, -0.15) is 0 Å². The minimum Gasteiger partial charge on any atom is -0.353 e. The molecule has 6 nitrogen and oxygen atoms in total. The van der Waals surface area contributed by atoms with Crippen molar-refractivity contribution < 1.29 is 4.79 Å². The molecule has 2 N–H and O–H groups in total. The largest absolute Gasteiger partial charge is 0.353 e. The Bertz CT molecular complexity index is 720. The lowest BCUT2D eigenvalue weighted by molar-refractivity contribution is -0.121. The maximum Gasteiger partial charge on any atom is 0.226 e. The number of fused-ring (bicyclic) bond motifs is 2. The Morgan fingerprint density at radius 3 is 2.60 bits per heavy atom. The van der Waals surface area contributed by atoms with Gasteiger partial charge in [-0.05, 0) is 44.7 Å². The summed E-state index contributed by atoms with van der Waals surface area (Å²) in [5.74, 6) is 0.0458. The molecule has 0 spiro atoms. The predicted octanol–water partition coefficient (Wildman–Crippen LogP) is 1.94. The molecule has 2 aliphatic rings. The van der Waals surface area contributed by atoms with Crippen LogP contribution in [0.15, 0.2) is 30.3 Å². The van der Waals surface area contributed by atoms with Crippen molar-refractivity contribution in [2.45, 2.75) is 57.2 Å². The van der Waals surface area contributed by atoms with Crippen molar-refractivity contribution in [1.82, 2.24) is 25.6 Å². The van der Waals surface area contributed by atoms with Gasteiger partial charge in [-0.3, -0.25) is 4.79 Å². The molecule has 134 valence electrons. The summed E-state index contributed by atoms with van der Waals surface area (Å²) in [6.07, 6.45) is 4.84. The first-order valence-corrected chi connectivity index (χ1v) is 8.71. The highest BCUT2D eigenvalue weighted by Gasteiger charge is 2.34. The van der Waals surface area contributed by atoms with Crippen molar-refractivity contribution in [2.75, 3.05) is 0 Å². The molecule has 1 amide bonds. The van der Waals surface area contributed by atoms with Crippen LogP contribution in [-0.2, 0) is 11.2 Å². The van der Waals surface area contributed by atoms with Crippen LogP contribution in [0.2, 0.25) is 0 Å². The summed E-state index contributed by atoms with van der Waals surface area (Å²) in [5.41, 5.74) is 2.62. The Balaban J connectivity index is 0.00000182. The molecular weight excluding hydrogens is 338 g/mol. The number of benzene rings is 1. The number of nitrogens with zero attached hydrogens (tertiary/aromatic N) is 3. The first kappa shape index (κ1) is 17.9. The van der Waals surface area contributed by atoms with E-state index in [0.717, 1.165) is 29.9 Å². The van der Waals surface area contributed by atoms with Crippen LogP contribution in [-0.4, -0.2) is 39.0 Å². The summed E-state index contributed by atoms with van der Waals surface area (Å²) in [7, 11) is 0. The molecule has 1 aromatic carbocycles. The maximum absolute atomic E-state index is 12.4. The summed E-state index contributed by atoms with van der Waals surface area (Å²) < 4.78 is 1.79. The van der Waals surface area contributed by atoms with Gasteiger partial charge in [0.2, 0.25) is 5.91 Å². The normalized spacial score (nSPS) is 24.6. The number of carbonyl (C=O) groups is 1. The minimum atomic E-state index is 0. The number of halogens is 1. The molecule has 0 radical (unpaired) electrons. The molecule has 2 unspecified atom stereocenters. The van der Waals surface area contributed by atoms with Crippen LogP contribution < -0.4 is 10.6 Å². The zero-order valence-electron chi connectivity index (χ0n) is 14.3. The van der Waals surface area contributed by atoms with E-state index >= 15 is 0 Å². The molecule has 2 aliphatic heterocycles. The number of carbonyl (C=O) groups excluding carboxylic acids is 1. The Morgan fingerprint density at radius 1 is 1.24 bits per heavy atom. The highest BCUT2D eigenvalue weighted by atomic mass is 35.5. The van der Waals surface area contributed by atoms with Gasteiger partial charge in [0, 0.05) is 18.1 Å². The predicted molar refractivity (Wildman–Crippen MR) is 98.2 cm³/mol. The van der Waals surface area contributed by atoms with Crippen LogP contribution in [0.1, 0.15) is 37.1 Å². The number of amides is 1. The van der Waals surface area contributed by atoms with E-state index < -0.39 is 0 Å². The molecule has 4 rings (SSSR count). The Hall–Kier alpha value is -1.92. The van der Waals surface area contributed by atoms with Crippen molar-refractivity contribution in [2.24, 2.45) is 0 Å². The highest BCUT2D eigenvalue weighted by molar-refractivity contribution is 5.85. The zero-order valence-corrected chi connectivity index (χ0v) is 15.1. The number of hydrogen-bond donors (Lipinski definition) is 2. The van der Waals surface area contributed by atoms with Crippen LogP contribution >= 0.6 is 12.4 Å². The fourth-order valence-corrected chi connectivity index (χ4v) is 3.94. The van der Waals surface area contributed by atoms with Crippen molar-refractivity contribution in [3.63, 3.8) is 0 Å². The summed E-state index contributed by atoms with van der Waals surface area (Å²) in [5, 5.41) is 15.2. The van der Waals surface area contributed by atoms with Crippen molar-refractivity contribution in [1.29, 1.82) is 0 Å². The molecule has 2 atom stereocenters. The zero-order chi connectivity index (χ0) is 16.5. The van der Waals surface area contributed by atoms with E-state index in [9.17, 15) is 4.79 Å². The smallest absolute Gasteiger partial charge is 0.226 e. The van der Waals surface area contributed by atoms with Gasteiger partial charge in [0.25, 0.3) is 0 Å². The van der Waals surface area contributed by atoms with E-state index in [1.165, 1.54) is 12.8 Å². The Morgan fingerprint density at radius 2 is 1.92 bits per heavy atom. The quantitative estimate of drug-likeness (QED) is 0.873. The SMILES string of the molecule is Cc1c(CC(=O)NC2CC3CCC(C2)N3)nnn1-c1ccccc1.Cl. The third-order valence-electron chi connectivity index (χ3n) is 5.16. The lowest BCUT2D eigenvalue weighted by Gasteiger charge is -2.29. The monoisotopic (exact) mass is 361 g/mol. The molecule has 7 heteroatoms. The van der Waals surface area contributed by atoms with Gasteiger partial charge in [-0.25, -0.2) is 4.68 Å². The fourth-order valence-electron chi connectivity index (χ4n) is 3.94. The summed E-state index contributed by atoms with van der Waals surface area (Å²) in [6, 6.07) is 11.3. The van der Waals surface area contributed by atoms with Crippen molar-refractivity contribution >= 4 is 18.3 Å². The molecule has 0 saturated carbocycles. The number of hydrogen-bond acceptors (Lipinski definition) is 4. The second-order valence-electron chi connectivity index (χ2n) is 6.92. The van der Waals surface area contributed by atoms with Gasteiger partial charge in [0.05, 0.1) is 23.5 Å². The van der Waals surface area contributed by atoms with E-state index in [1.807, 2.05) is 37.3 Å². The summed E-state index contributed by atoms with van der Waals surface area (Å²) in [6.45, 7) is 1.96. The lowest BCUT2D eigenvalue weighted by Crippen LogP contribution is -2.48. The number of piperidine rings is 1. The first-order valence-electron chi connectivity index (χ1n) is 8.71. The molecule has 2 aromatic rings. The Kier molecular flexibility index (Phi) is 5.39. The van der Waals surface area contributed by atoms with Crippen LogP contribution in [0.3, 0.4) is 0 Å². The van der Waals surface area contributed by atoms with Gasteiger partial charge >= 0.3 is 0 Å². The van der Waals surface area contributed by atoms with Crippen LogP contribution in [0.5, 0.6) is 0 Å². The third kappa shape index (κ3) is 3.85. The van der Waals surface area contributed by atoms with E-state index in [4.69, 9.17) is 0 Å². The second-order valence-corrected chi connectivity index (χ2v) is 6.92. The summed E-state index contributed by atoms with van der Waals surface area (Å²) >= 11 is 0. The Labute approximate surface area is 153 Å². The first-order chi connectivity index (χ1) is 11.7. The van der Waals surface area contributed by atoms with Gasteiger partial charge < -0.3 is 10.6 Å². The molecule has 2 fully saturated rings. The topological polar surface area (TPSA) is 71.8 Å². The highest BCUT2D eigenvalue weighted by Crippen LogP contribution is 2.26. The van der Waals surface area contributed by atoms with Gasteiger partial charge in [0.15, 0.2) is 0 Å².